The van der Waals surface area contributed by atoms with E-state index in [0.717, 1.165) is 48.4 Å². The Morgan fingerprint density at radius 2 is 2.08 bits per heavy atom. The molecule has 1 aliphatic rings. The SMILES string of the molecule is Cc1nc(C2(NC(=O)c3cnc(-c4cccs4)s3)CCCCCC2)no1. The summed E-state index contributed by atoms with van der Waals surface area (Å²) in [6, 6.07) is 4.00. The third-order valence-corrected chi connectivity index (χ3v) is 6.76. The molecule has 0 aliphatic heterocycles. The molecule has 26 heavy (non-hydrogen) atoms. The number of hydrogen-bond acceptors (Lipinski definition) is 7. The molecule has 0 bridgehead atoms. The summed E-state index contributed by atoms with van der Waals surface area (Å²) < 4.78 is 5.20. The number of carbonyl (C=O) groups excluding carboxylic acids is 1. The lowest BCUT2D eigenvalue weighted by atomic mass is 9.89. The number of nitrogens with one attached hydrogen (secondary N) is 1. The van der Waals surface area contributed by atoms with Crippen LogP contribution in [0.5, 0.6) is 0 Å². The van der Waals surface area contributed by atoms with Crippen molar-refractivity contribution in [1.82, 2.24) is 20.4 Å². The van der Waals surface area contributed by atoms with Crippen LogP contribution in [-0.4, -0.2) is 21.0 Å². The summed E-state index contributed by atoms with van der Waals surface area (Å²) in [7, 11) is 0. The molecule has 1 saturated carbocycles. The Balaban J connectivity index is 1.60. The highest BCUT2D eigenvalue weighted by Gasteiger charge is 2.39. The third kappa shape index (κ3) is 3.43. The summed E-state index contributed by atoms with van der Waals surface area (Å²) in [6.45, 7) is 1.78. The Hall–Kier alpha value is -2.06. The largest absolute Gasteiger partial charge is 0.340 e. The fourth-order valence-electron chi connectivity index (χ4n) is 3.40. The van der Waals surface area contributed by atoms with Crippen LogP contribution in [0.4, 0.5) is 0 Å². The van der Waals surface area contributed by atoms with Crippen molar-refractivity contribution < 1.29 is 9.32 Å². The molecule has 3 heterocycles. The standard InChI is InChI=1S/C18H20N4O2S2/c1-12-20-17(22-24-12)18(8-4-2-3-5-9-18)21-15(23)14-11-19-16(26-14)13-7-6-10-25-13/h6-7,10-11H,2-5,8-9H2,1H3,(H,21,23). The van der Waals surface area contributed by atoms with Crippen LogP contribution in [0.1, 0.15) is 59.9 Å². The molecule has 136 valence electrons. The molecule has 8 heteroatoms. The Morgan fingerprint density at radius 3 is 2.73 bits per heavy atom. The highest BCUT2D eigenvalue weighted by Crippen LogP contribution is 2.36. The van der Waals surface area contributed by atoms with E-state index in [2.05, 4.69) is 20.4 Å². The minimum Gasteiger partial charge on any atom is -0.340 e. The van der Waals surface area contributed by atoms with Crippen LogP contribution in [0.3, 0.4) is 0 Å². The van der Waals surface area contributed by atoms with Crippen molar-refractivity contribution in [1.29, 1.82) is 0 Å². The summed E-state index contributed by atoms with van der Waals surface area (Å²) in [5, 5.41) is 10.2. The molecule has 0 unspecified atom stereocenters. The molecule has 0 spiro atoms. The first-order valence-electron chi connectivity index (χ1n) is 8.79. The van der Waals surface area contributed by atoms with Crippen molar-refractivity contribution in [2.75, 3.05) is 0 Å². The number of nitrogens with zero attached hydrogens (tertiary/aromatic N) is 3. The number of amides is 1. The molecular weight excluding hydrogens is 368 g/mol. The highest BCUT2D eigenvalue weighted by atomic mass is 32.1. The monoisotopic (exact) mass is 388 g/mol. The van der Waals surface area contributed by atoms with Gasteiger partial charge in [-0.15, -0.1) is 22.7 Å². The summed E-state index contributed by atoms with van der Waals surface area (Å²) >= 11 is 3.04. The fraction of sp³-hybridized carbons (Fsp3) is 0.444. The predicted molar refractivity (Wildman–Crippen MR) is 101 cm³/mol. The van der Waals surface area contributed by atoms with Gasteiger partial charge < -0.3 is 9.84 Å². The molecule has 1 aliphatic carbocycles. The zero-order chi connectivity index (χ0) is 18.0. The van der Waals surface area contributed by atoms with Gasteiger partial charge in [-0.2, -0.15) is 4.98 Å². The van der Waals surface area contributed by atoms with Gasteiger partial charge in [0.1, 0.15) is 15.4 Å². The number of aromatic nitrogens is 3. The maximum Gasteiger partial charge on any atom is 0.263 e. The van der Waals surface area contributed by atoms with Crippen molar-refractivity contribution in [3.8, 4) is 9.88 Å². The Bertz CT molecular complexity index is 877. The number of aryl methyl sites for hydroxylation is 1. The Kier molecular flexibility index (Phi) is 4.86. The van der Waals surface area contributed by atoms with Gasteiger partial charge in [-0.1, -0.05) is 36.9 Å². The van der Waals surface area contributed by atoms with E-state index in [1.807, 2.05) is 17.5 Å². The quantitative estimate of drug-likeness (QED) is 0.664. The zero-order valence-corrected chi connectivity index (χ0v) is 16.2. The summed E-state index contributed by atoms with van der Waals surface area (Å²) in [5.74, 6) is 0.999. The maximum absolute atomic E-state index is 13.0. The van der Waals surface area contributed by atoms with E-state index in [1.54, 1.807) is 24.5 Å². The van der Waals surface area contributed by atoms with Gasteiger partial charge in [0.25, 0.3) is 5.91 Å². The normalized spacial score (nSPS) is 17.0. The molecule has 1 N–H and O–H groups in total. The number of carbonyl (C=O) groups is 1. The Labute approximate surface area is 159 Å². The van der Waals surface area contributed by atoms with Crippen molar-refractivity contribution >= 4 is 28.6 Å². The van der Waals surface area contributed by atoms with E-state index < -0.39 is 5.54 Å². The topological polar surface area (TPSA) is 80.9 Å². The minimum absolute atomic E-state index is 0.116. The van der Waals surface area contributed by atoms with Crippen LogP contribution in [0.2, 0.25) is 0 Å². The lowest BCUT2D eigenvalue weighted by molar-refractivity contribution is 0.0880. The fourth-order valence-corrected chi connectivity index (χ4v) is 5.02. The lowest BCUT2D eigenvalue weighted by Crippen LogP contribution is -2.46. The van der Waals surface area contributed by atoms with Crippen molar-refractivity contribution in [2.45, 2.75) is 51.0 Å². The van der Waals surface area contributed by atoms with E-state index in [4.69, 9.17) is 4.52 Å². The first kappa shape index (κ1) is 17.4. The average Bonchev–Trinajstić information content (AvgIpc) is 3.36. The second-order valence-electron chi connectivity index (χ2n) is 6.59. The second kappa shape index (κ2) is 7.28. The van der Waals surface area contributed by atoms with Crippen molar-refractivity contribution in [3.05, 3.63) is 40.3 Å². The molecule has 6 nitrogen and oxygen atoms in total. The van der Waals surface area contributed by atoms with Crippen molar-refractivity contribution in [2.24, 2.45) is 0 Å². The first-order chi connectivity index (χ1) is 12.7. The molecular formula is C18H20N4O2S2. The van der Waals surface area contributed by atoms with Crippen molar-refractivity contribution in [3.63, 3.8) is 0 Å². The molecule has 1 fully saturated rings. The molecule has 0 atom stereocenters. The molecule has 0 aromatic carbocycles. The number of hydrogen-bond donors (Lipinski definition) is 1. The molecule has 1 amide bonds. The summed E-state index contributed by atoms with van der Waals surface area (Å²) in [4.78, 5) is 23.5. The molecule has 0 radical (unpaired) electrons. The van der Waals surface area contributed by atoms with Gasteiger partial charge in [-0.05, 0) is 24.3 Å². The molecule has 3 aromatic rings. The Morgan fingerprint density at radius 1 is 1.27 bits per heavy atom. The van der Waals surface area contributed by atoms with Crippen LogP contribution in [0.25, 0.3) is 9.88 Å². The number of rotatable bonds is 4. The smallest absolute Gasteiger partial charge is 0.263 e. The molecule has 3 aromatic heterocycles. The van der Waals surface area contributed by atoms with E-state index in [9.17, 15) is 4.79 Å². The van der Waals surface area contributed by atoms with Gasteiger partial charge >= 0.3 is 0 Å². The average molecular weight is 389 g/mol. The van der Waals surface area contributed by atoms with E-state index in [1.165, 1.54) is 11.3 Å². The maximum atomic E-state index is 13.0. The summed E-state index contributed by atoms with van der Waals surface area (Å²) in [5.41, 5.74) is -0.557. The molecule has 0 saturated heterocycles. The lowest BCUT2D eigenvalue weighted by Gasteiger charge is -2.30. The van der Waals surface area contributed by atoms with Gasteiger partial charge in [0, 0.05) is 6.92 Å². The van der Waals surface area contributed by atoms with Crippen LogP contribution < -0.4 is 5.32 Å². The molecule has 4 rings (SSSR count). The third-order valence-electron chi connectivity index (χ3n) is 4.73. The second-order valence-corrected chi connectivity index (χ2v) is 8.57. The van der Waals surface area contributed by atoms with Crippen LogP contribution >= 0.6 is 22.7 Å². The van der Waals surface area contributed by atoms with Gasteiger partial charge in [-0.25, -0.2) is 4.98 Å². The minimum atomic E-state index is -0.557. The summed E-state index contributed by atoms with van der Waals surface area (Å²) in [6.07, 6.45) is 7.71. The van der Waals surface area contributed by atoms with Gasteiger partial charge in [0.05, 0.1) is 11.1 Å². The van der Waals surface area contributed by atoms with E-state index in [-0.39, 0.29) is 5.91 Å². The number of thiazole rings is 1. The van der Waals surface area contributed by atoms with Crippen LogP contribution in [-0.2, 0) is 5.54 Å². The number of thiophene rings is 1. The van der Waals surface area contributed by atoms with Crippen LogP contribution in [0.15, 0.2) is 28.2 Å². The highest BCUT2D eigenvalue weighted by molar-refractivity contribution is 7.21. The van der Waals surface area contributed by atoms with E-state index >= 15 is 0 Å². The van der Waals surface area contributed by atoms with Gasteiger partial charge in [0.2, 0.25) is 5.89 Å². The van der Waals surface area contributed by atoms with Crippen LogP contribution in [0, 0.1) is 6.92 Å². The predicted octanol–water partition coefficient (Wildman–Crippen LogP) is 4.54. The zero-order valence-electron chi connectivity index (χ0n) is 14.5. The van der Waals surface area contributed by atoms with E-state index in [0.29, 0.717) is 16.6 Å². The van der Waals surface area contributed by atoms with Gasteiger partial charge in [-0.3, -0.25) is 4.79 Å². The first-order valence-corrected chi connectivity index (χ1v) is 10.5. The van der Waals surface area contributed by atoms with Gasteiger partial charge in [0.15, 0.2) is 5.82 Å².